The molecule has 0 saturated heterocycles. The lowest BCUT2D eigenvalue weighted by atomic mass is 10.1. The first-order chi connectivity index (χ1) is 8.74. The molecule has 3 heteroatoms. The standard InChI is InChI=1S/C15H17NO2/c1-2-3-10-16-11-9-13(15(17)18)14(16)12-7-5-4-6-8-12/h4-9,11H,2-3,10H2,1H3,(H,17,18). The van der Waals surface area contributed by atoms with E-state index in [0.717, 1.165) is 30.6 Å². The average Bonchev–Trinajstić information content (AvgIpc) is 2.81. The van der Waals surface area contributed by atoms with E-state index in [4.69, 9.17) is 0 Å². The lowest BCUT2D eigenvalue weighted by molar-refractivity contribution is 0.0698. The first-order valence-corrected chi connectivity index (χ1v) is 6.22. The Bertz CT molecular complexity index is 529. The van der Waals surface area contributed by atoms with Crippen molar-refractivity contribution in [1.29, 1.82) is 0 Å². The fourth-order valence-corrected chi connectivity index (χ4v) is 2.08. The van der Waals surface area contributed by atoms with Crippen LogP contribution in [0.5, 0.6) is 0 Å². The second-order valence-electron chi connectivity index (χ2n) is 4.30. The number of carbonyl (C=O) groups is 1. The van der Waals surface area contributed by atoms with Gasteiger partial charge in [0.2, 0.25) is 0 Å². The molecule has 0 aliphatic rings. The van der Waals surface area contributed by atoms with Gasteiger partial charge in [-0.15, -0.1) is 0 Å². The predicted octanol–water partition coefficient (Wildman–Crippen LogP) is 3.65. The molecular weight excluding hydrogens is 226 g/mol. The summed E-state index contributed by atoms with van der Waals surface area (Å²) in [7, 11) is 0. The van der Waals surface area contributed by atoms with Crippen LogP contribution in [0.1, 0.15) is 30.1 Å². The van der Waals surface area contributed by atoms with Crippen molar-refractivity contribution < 1.29 is 9.90 Å². The van der Waals surface area contributed by atoms with Crippen molar-refractivity contribution in [3.05, 3.63) is 48.2 Å². The van der Waals surface area contributed by atoms with Gasteiger partial charge in [0.25, 0.3) is 0 Å². The first kappa shape index (κ1) is 12.4. The molecule has 0 amide bonds. The molecule has 0 fully saturated rings. The molecule has 0 atom stereocenters. The highest BCUT2D eigenvalue weighted by molar-refractivity contribution is 5.95. The fourth-order valence-electron chi connectivity index (χ4n) is 2.08. The Kier molecular flexibility index (Phi) is 3.82. The highest BCUT2D eigenvalue weighted by atomic mass is 16.4. The summed E-state index contributed by atoms with van der Waals surface area (Å²) in [5.41, 5.74) is 2.13. The van der Waals surface area contributed by atoms with Crippen LogP contribution in [0.3, 0.4) is 0 Å². The van der Waals surface area contributed by atoms with E-state index in [9.17, 15) is 9.90 Å². The van der Waals surface area contributed by atoms with Gasteiger partial charge in [-0.05, 0) is 18.1 Å². The van der Waals surface area contributed by atoms with E-state index in [1.807, 2.05) is 41.1 Å². The summed E-state index contributed by atoms with van der Waals surface area (Å²) in [6.45, 7) is 2.98. The third-order valence-corrected chi connectivity index (χ3v) is 2.99. The van der Waals surface area contributed by atoms with Crippen molar-refractivity contribution in [2.24, 2.45) is 0 Å². The maximum absolute atomic E-state index is 11.3. The molecule has 1 aromatic heterocycles. The van der Waals surface area contributed by atoms with Crippen LogP contribution in [0.25, 0.3) is 11.3 Å². The zero-order valence-corrected chi connectivity index (χ0v) is 10.5. The maximum atomic E-state index is 11.3. The van der Waals surface area contributed by atoms with Crippen LogP contribution in [-0.4, -0.2) is 15.6 Å². The number of aryl methyl sites for hydroxylation is 1. The molecule has 1 aromatic carbocycles. The number of hydrogen-bond acceptors (Lipinski definition) is 1. The third kappa shape index (κ3) is 2.45. The quantitative estimate of drug-likeness (QED) is 0.870. The summed E-state index contributed by atoms with van der Waals surface area (Å²) in [5.74, 6) is -0.871. The molecule has 0 aliphatic heterocycles. The van der Waals surface area contributed by atoms with Crippen molar-refractivity contribution in [3.63, 3.8) is 0 Å². The lowest BCUT2D eigenvalue weighted by Gasteiger charge is -2.10. The number of aromatic nitrogens is 1. The molecule has 0 spiro atoms. The smallest absolute Gasteiger partial charge is 0.337 e. The lowest BCUT2D eigenvalue weighted by Crippen LogP contribution is -2.03. The fraction of sp³-hybridized carbons (Fsp3) is 0.267. The van der Waals surface area contributed by atoms with Gasteiger partial charge in [-0.1, -0.05) is 43.7 Å². The number of rotatable bonds is 5. The molecular formula is C15H17NO2. The van der Waals surface area contributed by atoms with Crippen LogP contribution in [0.2, 0.25) is 0 Å². The topological polar surface area (TPSA) is 42.2 Å². The molecule has 2 aromatic rings. The van der Waals surface area contributed by atoms with Gasteiger partial charge >= 0.3 is 5.97 Å². The van der Waals surface area contributed by atoms with Gasteiger partial charge < -0.3 is 9.67 Å². The zero-order valence-electron chi connectivity index (χ0n) is 10.5. The maximum Gasteiger partial charge on any atom is 0.337 e. The number of hydrogen-bond donors (Lipinski definition) is 1. The van der Waals surface area contributed by atoms with E-state index in [2.05, 4.69) is 6.92 Å². The zero-order chi connectivity index (χ0) is 13.0. The van der Waals surface area contributed by atoms with Crippen LogP contribution in [0.15, 0.2) is 42.6 Å². The summed E-state index contributed by atoms with van der Waals surface area (Å²) in [4.78, 5) is 11.3. The first-order valence-electron chi connectivity index (χ1n) is 6.22. The minimum absolute atomic E-state index is 0.373. The Balaban J connectivity index is 2.47. The summed E-state index contributed by atoms with van der Waals surface area (Å²) in [5, 5.41) is 9.25. The number of aromatic carboxylic acids is 1. The summed E-state index contributed by atoms with van der Waals surface area (Å²) < 4.78 is 2.03. The summed E-state index contributed by atoms with van der Waals surface area (Å²) in [6, 6.07) is 11.4. The van der Waals surface area contributed by atoms with Gasteiger partial charge in [-0.3, -0.25) is 0 Å². The Labute approximate surface area is 107 Å². The molecule has 18 heavy (non-hydrogen) atoms. The van der Waals surface area contributed by atoms with E-state index < -0.39 is 5.97 Å². The molecule has 3 nitrogen and oxygen atoms in total. The van der Waals surface area contributed by atoms with Crippen molar-refractivity contribution in [2.75, 3.05) is 0 Å². The van der Waals surface area contributed by atoms with Gasteiger partial charge in [0, 0.05) is 12.7 Å². The molecule has 94 valence electrons. The predicted molar refractivity (Wildman–Crippen MR) is 71.7 cm³/mol. The highest BCUT2D eigenvalue weighted by Crippen LogP contribution is 2.25. The van der Waals surface area contributed by atoms with Gasteiger partial charge in [0.1, 0.15) is 0 Å². The number of carboxylic acids is 1. The van der Waals surface area contributed by atoms with E-state index in [1.165, 1.54) is 0 Å². The van der Waals surface area contributed by atoms with Crippen LogP contribution in [0.4, 0.5) is 0 Å². The SMILES string of the molecule is CCCCn1ccc(C(=O)O)c1-c1ccccc1. The number of benzene rings is 1. The van der Waals surface area contributed by atoms with E-state index in [0.29, 0.717) is 5.56 Å². The molecule has 1 N–H and O–H groups in total. The summed E-state index contributed by atoms with van der Waals surface area (Å²) >= 11 is 0. The van der Waals surface area contributed by atoms with Crippen LogP contribution < -0.4 is 0 Å². The van der Waals surface area contributed by atoms with Crippen LogP contribution in [-0.2, 0) is 6.54 Å². The molecule has 0 unspecified atom stereocenters. The monoisotopic (exact) mass is 243 g/mol. The molecule has 0 radical (unpaired) electrons. The van der Waals surface area contributed by atoms with Crippen LogP contribution in [0, 0.1) is 0 Å². The van der Waals surface area contributed by atoms with Crippen molar-refractivity contribution in [1.82, 2.24) is 4.57 Å². The Morgan fingerprint density at radius 2 is 1.94 bits per heavy atom. The minimum Gasteiger partial charge on any atom is -0.478 e. The van der Waals surface area contributed by atoms with E-state index in [1.54, 1.807) is 6.07 Å². The normalized spacial score (nSPS) is 10.5. The van der Waals surface area contributed by atoms with Crippen molar-refractivity contribution in [3.8, 4) is 11.3 Å². The Hall–Kier alpha value is -2.03. The second-order valence-corrected chi connectivity index (χ2v) is 4.30. The van der Waals surface area contributed by atoms with Crippen LogP contribution >= 0.6 is 0 Å². The largest absolute Gasteiger partial charge is 0.478 e. The number of carboxylic acid groups (broad SMARTS) is 1. The highest BCUT2D eigenvalue weighted by Gasteiger charge is 2.16. The molecule has 1 heterocycles. The number of unbranched alkanes of at least 4 members (excludes halogenated alkanes) is 1. The second kappa shape index (κ2) is 5.54. The molecule has 0 bridgehead atoms. The molecule has 0 saturated carbocycles. The van der Waals surface area contributed by atoms with Gasteiger partial charge in [-0.25, -0.2) is 4.79 Å². The van der Waals surface area contributed by atoms with E-state index in [-0.39, 0.29) is 0 Å². The third-order valence-electron chi connectivity index (χ3n) is 2.99. The van der Waals surface area contributed by atoms with Crippen molar-refractivity contribution in [2.45, 2.75) is 26.3 Å². The number of nitrogens with zero attached hydrogens (tertiary/aromatic N) is 1. The van der Waals surface area contributed by atoms with Crippen molar-refractivity contribution >= 4 is 5.97 Å². The van der Waals surface area contributed by atoms with Gasteiger partial charge in [0.05, 0.1) is 11.3 Å². The Morgan fingerprint density at radius 3 is 2.56 bits per heavy atom. The summed E-state index contributed by atoms with van der Waals surface area (Å²) in [6.07, 6.45) is 4.00. The molecule has 2 rings (SSSR count). The van der Waals surface area contributed by atoms with Gasteiger partial charge in [0.15, 0.2) is 0 Å². The van der Waals surface area contributed by atoms with E-state index >= 15 is 0 Å². The van der Waals surface area contributed by atoms with Gasteiger partial charge in [-0.2, -0.15) is 0 Å². The minimum atomic E-state index is -0.871. The average molecular weight is 243 g/mol. The molecule has 0 aliphatic carbocycles. The Morgan fingerprint density at radius 1 is 1.22 bits per heavy atom.